The normalized spacial score (nSPS) is 12.9. The minimum atomic E-state index is -0.420. The van der Waals surface area contributed by atoms with Gasteiger partial charge in [-0.2, -0.15) is 5.10 Å². The number of ether oxygens (including phenoxy) is 2. The largest absolute Gasteiger partial charge is 0.457 e. The zero-order valence-electron chi connectivity index (χ0n) is 38.1. The van der Waals surface area contributed by atoms with Gasteiger partial charge in [0, 0.05) is 36.4 Å². The number of carbonyl (C=O) groups is 1. The van der Waals surface area contributed by atoms with Crippen molar-refractivity contribution in [3.05, 3.63) is 71.5 Å². The van der Waals surface area contributed by atoms with E-state index in [1.54, 1.807) is 12.5 Å². The fraction of sp³-hybridized carbons (Fsp3) is 0.553. The summed E-state index contributed by atoms with van der Waals surface area (Å²) in [5.74, 6) is 2.95. The van der Waals surface area contributed by atoms with E-state index in [9.17, 15) is 4.79 Å². The van der Waals surface area contributed by atoms with Crippen molar-refractivity contribution in [1.29, 1.82) is 0 Å². The van der Waals surface area contributed by atoms with Gasteiger partial charge in [-0.3, -0.25) is 5.01 Å². The number of amides is 1. The summed E-state index contributed by atoms with van der Waals surface area (Å²) < 4.78 is 11.6. The molecule has 0 saturated heterocycles. The summed E-state index contributed by atoms with van der Waals surface area (Å²) >= 11 is 0. The van der Waals surface area contributed by atoms with Crippen LogP contribution in [0.25, 0.3) is 11.0 Å². The predicted octanol–water partition coefficient (Wildman–Crippen LogP) is 12.7. The fourth-order valence-corrected chi connectivity index (χ4v) is 5.37. The number of carbonyl (C=O) groups excluding carboxylic acids is 1. The number of anilines is 2. The topological polar surface area (TPSA) is 105 Å². The lowest BCUT2D eigenvalue weighted by Crippen LogP contribution is -2.44. The van der Waals surface area contributed by atoms with Crippen LogP contribution < -0.4 is 10.1 Å². The van der Waals surface area contributed by atoms with Crippen molar-refractivity contribution in [2.45, 2.75) is 154 Å². The van der Waals surface area contributed by atoms with Crippen LogP contribution in [0.4, 0.5) is 16.3 Å². The molecule has 0 aliphatic carbocycles. The molecule has 2 aromatic heterocycles. The lowest BCUT2D eigenvalue weighted by Gasteiger charge is -2.33. The Morgan fingerprint density at radius 3 is 2.21 bits per heavy atom. The lowest BCUT2D eigenvalue weighted by atomic mass is 10.0. The average molecular weight is 786 g/mol. The van der Waals surface area contributed by atoms with E-state index < -0.39 is 5.60 Å². The smallest absolute Gasteiger partial charge is 0.410 e. The van der Waals surface area contributed by atoms with Gasteiger partial charge in [0.1, 0.15) is 29.0 Å². The van der Waals surface area contributed by atoms with Gasteiger partial charge in [0.2, 0.25) is 0 Å². The summed E-state index contributed by atoms with van der Waals surface area (Å²) in [5, 5.41) is 9.43. The van der Waals surface area contributed by atoms with Crippen molar-refractivity contribution in [2.75, 3.05) is 18.4 Å². The zero-order valence-corrected chi connectivity index (χ0v) is 38.1. The monoisotopic (exact) mass is 786 g/mol. The lowest BCUT2D eigenvalue weighted by molar-refractivity contribution is 0.0135. The Balaban J connectivity index is 0.00000101. The van der Waals surface area contributed by atoms with Crippen LogP contribution in [-0.4, -0.2) is 61.9 Å². The number of aryl methyl sites for hydroxylation is 3. The minimum Gasteiger partial charge on any atom is -0.457 e. The SMILES string of the molecule is C#C.C/C=N\N1C=CC(Oc2ccc(Nc3ncnc4cc(C)c(C)nc34)cc2C)=CC1.CC.CCC.CCCC(CC)N(CCC(C)CC)C(=O)OC(C)(C)C. The number of fused-ring (bicyclic) bond motifs is 1. The molecule has 0 bridgehead atoms. The molecule has 2 unspecified atom stereocenters. The summed E-state index contributed by atoms with van der Waals surface area (Å²) in [6, 6.07) is 8.29. The zero-order chi connectivity index (χ0) is 43.6. The maximum absolute atomic E-state index is 12.4. The maximum Gasteiger partial charge on any atom is 0.410 e. The molecule has 316 valence electrons. The number of nitrogens with zero attached hydrogens (tertiary/aromatic N) is 6. The van der Waals surface area contributed by atoms with Gasteiger partial charge in [0.15, 0.2) is 5.82 Å². The molecule has 1 aliphatic heterocycles. The molecule has 4 rings (SSSR count). The number of allylic oxidation sites excluding steroid dienone is 1. The van der Waals surface area contributed by atoms with Crippen LogP contribution in [0, 0.1) is 39.5 Å². The highest BCUT2D eigenvalue weighted by molar-refractivity contribution is 5.87. The molecule has 1 N–H and O–H groups in total. The van der Waals surface area contributed by atoms with Crippen molar-refractivity contribution in [3.8, 4) is 18.6 Å². The molecule has 1 amide bonds. The second kappa shape index (κ2) is 28.5. The molecule has 2 atom stereocenters. The van der Waals surface area contributed by atoms with E-state index in [0.717, 1.165) is 83.7 Å². The van der Waals surface area contributed by atoms with Gasteiger partial charge in [-0.25, -0.2) is 19.7 Å². The number of terminal acetylenes is 1. The Kier molecular flexibility index (Phi) is 26.0. The van der Waals surface area contributed by atoms with E-state index in [1.165, 1.54) is 6.42 Å². The van der Waals surface area contributed by atoms with Crippen molar-refractivity contribution in [2.24, 2.45) is 11.0 Å². The third-order valence-corrected chi connectivity index (χ3v) is 8.60. The van der Waals surface area contributed by atoms with Crippen molar-refractivity contribution < 1.29 is 14.3 Å². The molecular formula is C47H75N7O3. The summed E-state index contributed by atoms with van der Waals surface area (Å²) in [5.41, 5.74) is 5.17. The van der Waals surface area contributed by atoms with Gasteiger partial charge in [0.05, 0.1) is 12.1 Å². The molecule has 10 heteroatoms. The Hall–Kier alpha value is -4.91. The van der Waals surface area contributed by atoms with Gasteiger partial charge in [0.25, 0.3) is 0 Å². The number of hydrogen-bond acceptors (Lipinski definition) is 9. The van der Waals surface area contributed by atoms with Crippen LogP contribution in [0.5, 0.6) is 5.75 Å². The van der Waals surface area contributed by atoms with Crippen molar-refractivity contribution in [3.63, 3.8) is 0 Å². The number of aromatic nitrogens is 3. The van der Waals surface area contributed by atoms with Crippen LogP contribution in [0.15, 0.2) is 59.8 Å². The van der Waals surface area contributed by atoms with Crippen LogP contribution >= 0.6 is 0 Å². The Morgan fingerprint density at radius 1 is 1.02 bits per heavy atom. The van der Waals surface area contributed by atoms with Gasteiger partial charge < -0.3 is 19.7 Å². The van der Waals surface area contributed by atoms with Crippen LogP contribution in [-0.2, 0) is 4.74 Å². The quantitative estimate of drug-likeness (QED) is 0.135. The molecule has 0 saturated carbocycles. The molecular weight excluding hydrogens is 711 g/mol. The van der Waals surface area contributed by atoms with E-state index in [1.807, 2.05) is 115 Å². The van der Waals surface area contributed by atoms with E-state index in [-0.39, 0.29) is 6.09 Å². The molecule has 10 nitrogen and oxygen atoms in total. The first kappa shape index (κ1) is 52.1. The molecule has 0 fully saturated rings. The number of hydrazone groups is 1. The summed E-state index contributed by atoms with van der Waals surface area (Å²) in [6.45, 7) is 32.2. The highest BCUT2D eigenvalue weighted by Crippen LogP contribution is 2.28. The number of nitrogens with one attached hydrogen (secondary N) is 1. The number of hydrogen-bond donors (Lipinski definition) is 1. The van der Waals surface area contributed by atoms with E-state index in [0.29, 0.717) is 24.3 Å². The molecule has 1 aliphatic rings. The van der Waals surface area contributed by atoms with Gasteiger partial charge in [-0.05, 0) is 121 Å². The van der Waals surface area contributed by atoms with Crippen molar-refractivity contribution >= 4 is 34.8 Å². The third-order valence-electron chi connectivity index (χ3n) is 8.60. The minimum absolute atomic E-state index is 0.152. The molecule has 0 radical (unpaired) electrons. The molecule has 3 aromatic rings. The first-order chi connectivity index (χ1) is 27.2. The third kappa shape index (κ3) is 19.2. The number of benzene rings is 1. The second-order valence-corrected chi connectivity index (χ2v) is 14.6. The first-order valence-corrected chi connectivity index (χ1v) is 20.8. The first-order valence-electron chi connectivity index (χ1n) is 20.8. The second-order valence-electron chi connectivity index (χ2n) is 14.6. The van der Waals surface area contributed by atoms with E-state index in [2.05, 4.69) is 79.8 Å². The Labute approximate surface area is 346 Å². The molecule has 3 heterocycles. The van der Waals surface area contributed by atoms with Crippen LogP contribution in [0.3, 0.4) is 0 Å². The van der Waals surface area contributed by atoms with Crippen LogP contribution in [0.2, 0.25) is 0 Å². The molecule has 57 heavy (non-hydrogen) atoms. The highest BCUT2D eigenvalue weighted by atomic mass is 16.6. The average Bonchev–Trinajstić information content (AvgIpc) is 3.18. The Bertz CT molecular complexity index is 1710. The molecule has 0 spiro atoms. The van der Waals surface area contributed by atoms with Crippen molar-refractivity contribution in [1.82, 2.24) is 24.9 Å². The fourth-order valence-electron chi connectivity index (χ4n) is 5.37. The highest BCUT2D eigenvalue weighted by Gasteiger charge is 2.27. The summed E-state index contributed by atoms with van der Waals surface area (Å²) in [7, 11) is 0. The predicted molar refractivity (Wildman–Crippen MR) is 243 cm³/mol. The Morgan fingerprint density at radius 2 is 1.68 bits per heavy atom. The van der Waals surface area contributed by atoms with Gasteiger partial charge >= 0.3 is 6.09 Å². The summed E-state index contributed by atoms with van der Waals surface area (Å²) in [6.07, 6.45) is 23.6. The van der Waals surface area contributed by atoms with Crippen LogP contribution in [0.1, 0.15) is 138 Å². The number of pyridine rings is 1. The molecule has 1 aromatic carbocycles. The number of rotatable bonds is 13. The summed E-state index contributed by atoms with van der Waals surface area (Å²) in [4.78, 5) is 27.8. The standard InChI is InChI=1S/C23H24N6O.C17H35NO2.C3H8.C2H6.C2H2/c1-5-26-29-10-8-19(9-11-29)30-21-7-6-18(12-16(21)3)28-23-22-20(24-14-25-23)13-15(2)17(4)27-22;1-8-11-15(10-3)18(13-12-14(4)9-2)16(19)20-17(5,6)7;1-3-2;2*1-2/h5-10,12-14H,11H2,1-4H3,(H,24,25,28);14-15H,8-13H2,1-7H3;3H2,1-2H3;1-2H3;1-2H/b26-5-;;;;. The van der Waals surface area contributed by atoms with Gasteiger partial charge in [-0.1, -0.05) is 74.7 Å². The maximum atomic E-state index is 12.4. The van der Waals surface area contributed by atoms with E-state index >= 15 is 0 Å². The van der Waals surface area contributed by atoms with E-state index in [4.69, 9.17) is 9.47 Å². The van der Waals surface area contributed by atoms with Gasteiger partial charge in [-0.15, -0.1) is 12.8 Å².